The van der Waals surface area contributed by atoms with E-state index in [9.17, 15) is 0 Å². The molecule has 4 nitrogen and oxygen atoms in total. The molecule has 0 unspecified atom stereocenters. The Balaban J connectivity index is 2.09. The van der Waals surface area contributed by atoms with Gasteiger partial charge in [0.15, 0.2) is 5.65 Å². The molecule has 2 heterocycles. The molecule has 0 spiro atoms. The molecule has 18 heavy (non-hydrogen) atoms. The van der Waals surface area contributed by atoms with E-state index in [4.69, 9.17) is 0 Å². The van der Waals surface area contributed by atoms with Gasteiger partial charge in [-0.15, -0.1) is 0 Å². The van der Waals surface area contributed by atoms with Crippen molar-refractivity contribution in [2.45, 2.75) is 0 Å². The first kappa shape index (κ1) is 10.8. The van der Waals surface area contributed by atoms with Crippen molar-refractivity contribution in [3.63, 3.8) is 0 Å². The van der Waals surface area contributed by atoms with Gasteiger partial charge in [0.2, 0.25) is 0 Å². The van der Waals surface area contributed by atoms with E-state index in [0.29, 0.717) is 0 Å². The zero-order chi connectivity index (χ0) is 12.5. The summed E-state index contributed by atoms with van der Waals surface area (Å²) in [6.07, 6.45) is 3.62. The largest absolute Gasteiger partial charge is 0.378 e. The summed E-state index contributed by atoms with van der Waals surface area (Å²) >= 11 is 0. The third-order valence-corrected chi connectivity index (χ3v) is 2.96. The van der Waals surface area contributed by atoms with E-state index in [1.54, 1.807) is 6.20 Å². The number of imidazole rings is 1. The number of hydrogen-bond donors (Lipinski definition) is 0. The monoisotopic (exact) mass is 238 g/mol. The molecule has 0 saturated carbocycles. The van der Waals surface area contributed by atoms with Crippen molar-refractivity contribution in [1.82, 2.24) is 14.6 Å². The zero-order valence-corrected chi connectivity index (χ0v) is 10.4. The first-order valence-corrected chi connectivity index (χ1v) is 5.82. The molecule has 2 aromatic heterocycles. The topological polar surface area (TPSA) is 33.4 Å². The number of hydrogen-bond acceptors (Lipinski definition) is 3. The molecule has 4 heteroatoms. The summed E-state index contributed by atoms with van der Waals surface area (Å²) in [5, 5.41) is 4.32. The molecule has 1 aromatic carbocycles. The van der Waals surface area contributed by atoms with Crippen LogP contribution in [0.15, 0.2) is 48.8 Å². The number of anilines is 1. The standard InChI is InChI=1S/C14H14N4/c1-17(2)12-7-5-11(6-8-12)13-10-15-14-4-3-9-16-18(13)14/h3-10H,1-2H3. The molecular weight excluding hydrogens is 224 g/mol. The SMILES string of the molecule is CN(C)c1ccc(-c2cnc3cccnn23)cc1. The molecule has 0 aliphatic carbocycles. The molecule has 0 amide bonds. The minimum Gasteiger partial charge on any atom is -0.378 e. The molecule has 0 aliphatic rings. The highest BCUT2D eigenvalue weighted by Crippen LogP contribution is 2.22. The minimum atomic E-state index is 0.865. The van der Waals surface area contributed by atoms with Crippen molar-refractivity contribution in [2.24, 2.45) is 0 Å². The molecule has 0 fully saturated rings. The van der Waals surface area contributed by atoms with Crippen LogP contribution >= 0.6 is 0 Å². The van der Waals surface area contributed by atoms with Gasteiger partial charge in [0.05, 0.1) is 11.9 Å². The fraction of sp³-hybridized carbons (Fsp3) is 0.143. The van der Waals surface area contributed by atoms with Crippen molar-refractivity contribution in [2.75, 3.05) is 19.0 Å². The molecule has 90 valence electrons. The van der Waals surface area contributed by atoms with Crippen LogP contribution in [-0.4, -0.2) is 28.7 Å². The van der Waals surface area contributed by atoms with Gasteiger partial charge in [0, 0.05) is 31.5 Å². The smallest absolute Gasteiger partial charge is 0.154 e. The first-order valence-electron chi connectivity index (χ1n) is 5.82. The fourth-order valence-electron chi connectivity index (χ4n) is 1.96. The second-order valence-electron chi connectivity index (χ2n) is 4.38. The predicted octanol–water partition coefficient (Wildman–Crippen LogP) is 2.46. The van der Waals surface area contributed by atoms with E-state index in [2.05, 4.69) is 39.2 Å². The van der Waals surface area contributed by atoms with E-state index >= 15 is 0 Å². The van der Waals surface area contributed by atoms with Crippen LogP contribution in [0.4, 0.5) is 5.69 Å². The quantitative estimate of drug-likeness (QED) is 0.687. The average Bonchev–Trinajstić information content (AvgIpc) is 2.82. The lowest BCUT2D eigenvalue weighted by Crippen LogP contribution is -2.08. The van der Waals surface area contributed by atoms with Crippen molar-refractivity contribution < 1.29 is 0 Å². The Morgan fingerprint density at radius 2 is 1.83 bits per heavy atom. The Bertz CT molecular complexity index is 668. The highest BCUT2D eigenvalue weighted by atomic mass is 15.2. The number of benzene rings is 1. The molecule has 3 rings (SSSR count). The maximum Gasteiger partial charge on any atom is 0.154 e. The Morgan fingerprint density at radius 3 is 2.56 bits per heavy atom. The Hall–Kier alpha value is -2.36. The van der Waals surface area contributed by atoms with E-state index < -0.39 is 0 Å². The van der Waals surface area contributed by atoms with Crippen LogP contribution in [0, 0.1) is 0 Å². The van der Waals surface area contributed by atoms with Gasteiger partial charge in [-0.05, 0) is 24.3 Å². The van der Waals surface area contributed by atoms with Crippen LogP contribution in [0.2, 0.25) is 0 Å². The summed E-state index contributed by atoms with van der Waals surface area (Å²) in [6, 6.07) is 12.2. The molecule has 0 N–H and O–H groups in total. The zero-order valence-electron chi connectivity index (χ0n) is 10.4. The summed E-state index contributed by atoms with van der Waals surface area (Å²) in [6.45, 7) is 0. The lowest BCUT2D eigenvalue weighted by molar-refractivity contribution is 0.942. The van der Waals surface area contributed by atoms with Crippen molar-refractivity contribution in [1.29, 1.82) is 0 Å². The van der Waals surface area contributed by atoms with Crippen molar-refractivity contribution in [3.05, 3.63) is 48.8 Å². The fourth-order valence-corrected chi connectivity index (χ4v) is 1.96. The summed E-state index contributed by atoms with van der Waals surface area (Å²) < 4.78 is 1.85. The second-order valence-corrected chi connectivity index (χ2v) is 4.38. The van der Waals surface area contributed by atoms with Gasteiger partial charge < -0.3 is 4.90 Å². The molecule has 0 aliphatic heterocycles. The molecule has 0 bridgehead atoms. The van der Waals surface area contributed by atoms with E-state index in [0.717, 1.165) is 16.9 Å². The van der Waals surface area contributed by atoms with E-state index in [1.807, 2.05) is 36.9 Å². The number of rotatable bonds is 2. The molecule has 0 radical (unpaired) electrons. The van der Waals surface area contributed by atoms with Crippen LogP contribution in [0.1, 0.15) is 0 Å². The highest BCUT2D eigenvalue weighted by Gasteiger charge is 2.06. The Labute approximate surface area is 106 Å². The summed E-state index contributed by atoms with van der Waals surface area (Å²) in [7, 11) is 4.07. The van der Waals surface area contributed by atoms with E-state index in [1.165, 1.54) is 5.69 Å². The van der Waals surface area contributed by atoms with Gasteiger partial charge >= 0.3 is 0 Å². The van der Waals surface area contributed by atoms with Crippen LogP contribution in [0.25, 0.3) is 16.9 Å². The summed E-state index contributed by atoms with van der Waals surface area (Å²) in [5.74, 6) is 0. The first-order chi connectivity index (χ1) is 8.75. The van der Waals surface area contributed by atoms with Crippen LogP contribution < -0.4 is 4.90 Å². The number of nitrogens with zero attached hydrogens (tertiary/aromatic N) is 4. The van der Waals surface area contributed by atoms with Gasteiger partial charge in [0.1, 0.15) is 0 Å². The van der Waals surface area contributed by atoms with Gasteiger partial charge in [0.25, 0.3) is 0 Å². The minimum absolute atomic E-state index is 0.865. The maximum absolute atomic E-state index is 4.34. The molecule has 3 aromatic rings. The Kier molecular flexibility index (Phi) is 2.48. The van der Waals surface area contributed by atoms with Gasteiger partial charge in [-0.25, -0.2) is 9.50 Å². The number of aromatic nitrogens is 3. The molecule has 0 atom stereocenters. The van der Waals surface area contributed by atoms with Gasteiger partial charge in [-0.1, -0.05) is 12.1 Å². The molecule has 0 saturated heterocycles. The number of fused-ring (bicyclic) bond motifs is 1. The lowest BCUT2D eigenvalue weighted by Gasteiger charge is -2.12. The van der Waals surface area contributed by atoms with Gasteiger partial charge in [-0.3, -0.25) is 0 Å². The van der Waals surface area contributed by atoms with Crippen LogP contribution in [0.3, 0.4) is 0 Å². The average molecular weight is 238 g/mol. The van der Waals surface area contributed by atoms with E-state index in [-0.39, 0.29) is 0 Å². The second kappa shape index (κ2) is 4.14. The summed E-state index contributed by atoms with van der Waals surface area (Å²) in [5.41, 5.74) is 4.17. The lowest BCUT2D eigenvalue weighted by atomic mass is 10.1. The molecular formula is C14H14N4. The summed E-state index contributed by atoms with van der Waals surface area (Å²) in [4.78, 5) is 6.42. The maximum atomic E-state index is 4.34. The highest BCUT2D eigenvalue weighted by molar-refractivity contribution is 5.65. The van der Waals surface area contributed by atoms with Crippen LogP contribution in [0.5, 0.6) is 0 Å². The van der Waals surface area contributed by atoms with Crippen LogP contribution in [-0.2, 0) is 0 Å². The van der Waals surface area contributed by atoms with Gasteiger partial charge in [-0.2, -0.15) is 5.10 Å². The normalized spacial score (nSPS) is 10.8. The third-order valence-electron chi connectivity index (χ3n) is 2.96. The van der Waals surface area contributed by atoms with Crippen molar-refractivity contribution >= 4 is 11.3 Å². The predicted molar refractivity (Wildman–Crippen MR) is 72.8 cm³/mol. The third kappa shape index (κ3) is 1.72. The Morgan fingerprint density at radius 1 is 1.06 bits per heavy atom. The van der Waals surface area contributed by atoms with Crippen molar-refractivity contribution in [3.8, 4) is 11.3 Å².